The number of hydrogen-bond donors (Lipinski definition) is 0. The van der Waals surface area contributed by atoms with Crippen LogP contribution < -0.4 is 4.74 Å². The first-order valence-electron chi connectivity index (χ1n) is 7.68. The van der Waals surface area contributed by atoms with Gasteiger partial charge in [-0.05, 0) is 36.9 Å². The lowest BCUT2D eigenvalue weighted by atomic mass is 10.2. The summed E-state index contributed by atoms with van der Waals surface area (Å²) in [5.74, 6) is 0.815. The van der Waals surface area contributed by atoms with Crippen LogP contribution in [0, 0.1) is 4.64 Å². The van der Waals surface area contributed by atoms with Crippen molar-refractivity contribution in [3.8, 4) is 5.75 Å². The Morgan fingerprint density at radius 1 is 1.08 bits per heavy atom. The van der Waals surface area contributed by atoms with E-state index in [1.807, 2.05) is 31.3 Å². The molecule has 0 radical (unpaired) electrons. The molecule has 0 N–H and O–H groups in total. The molecular formula is C17H23N3O3S2. The first-order valence-corrected chi connectivity index (χ1v) is 9.53. The maximum absolute atomic E-state index is 12.3. The van der Waals surface area contributed by atoms with E-state index in [1.165, 1.54) is 24.5 Å². The topological polar surface area (TPSA) is 54.8 Å². The van der Waals surface area contributed by atoms with Gasteiger partial charge in [-0.2, -0.15) is 0 Å². The first-order chi connectivity index (χ1) is 11.7. The number of nitrogens with zero attached hydrogens (tertiary/aromatic N) is 3. The SMILES string of the molecule is COc1ccc(CN(C)Cn2cc(S(=O)(=O)N(C)C)ccc2=S)cc1. The van der Waals surface area contributed by atoms with Gasteiger partial charge in [0, 0.05) is 26.8 Å². The van der Waals surface area contributed by atoms with Gasteiger partial charge in [-0.3, -0.25) is 4.90 Å². The quantitative estimate of drug-likeness (QED) is 0.690. The molecule has 0 unspecified atom stereocenters. The molecule has 6 nitrogen and oxygen atoms in total. The minimum atomic E-state index is -3.48. The number of methoxy groups -OCH3 is 1. The minimum Gasteiger partial charge on any atom is -0.497 e. The molecule has 0 amide bonds. The summed E-state index contributed by atoms with van der Waals surface area (Å²) in [6.07, 6.45) is 1.59. The van der Waals surface area contributed by atoms with E-state index in [0.29, 0.717) is 17.9 Å². The highest BCUT2D eigenvalue weighted by atomic mass is 32.2. The van der Waals surface area contributed by atoms with Crippen LogP contribution in [-0.2, 0) is 23.2 Å². The lowest BCUT2D eigenvalue weighted by Gasteiger charge is -2.20. The van der Waals surface area contributed by atoms with Crippen molar-refractivity contribution in [1.82, 2.24) is 13.8 Å². The summed E-state index contributed by atoms with van der Waals surface area (Å²) in [6.45, 7) is 1.19. The van der Waals surface area contributed by atoms with Gasteiger partial charge >= 0.3 is 0 Å². The molecule has 1 aromatic carbocycles. The molecule has 0 aliphatic rings. The molecule has 2 rings (SSSR count). The summed E-state index contributed by atoms with van der Waals surface area (Å²) in [5, 5.41) is 0. The van der Waals surface area contributed by atoms with Crippen molar-refractivity contribution in [2.24, 2.45) is 0 Å². The predicted molar refractivity (Wildman–Crippen MR) is 101 cm³/mol. The molecule has 0 saturated heterocycles. The lowest BCUT2D eigenvalue weighted by molar-refractivity contribution is 0.257. The summed E-state index contributed by atoms with van der Waals surface area (Å²) >= 11 is 5.33. The van der Waals surface area contributed by atoms with Gasteiger partial charge in [0.2, 0.25) is 10.0 Å². The molecule has 1 heterocycles. The number of hydrogen-bond acceptors (Lipinski definition) is 5. The van der Waals surface area contributed by atoms with Crippen molar-refractivity contribution >= 4 is 22.2 Å². The van der Waals surface area contributed by atoms with Gasteiger partial charge in [0.1, 0.15) is 10.4 Å². The van der Waals surface area contributed by atoms with Gasteiger partial charge in [0.05, 0.1) is 18.7 Å². The fraction of sp³-hybridized carbons (Fsp3) is 0.353. The van der Waals surface area contributed by atoms with Gasteiger partial charge in [-0.1, -0.05) is 24.4 Å². The maximum Gasteiger partial charge on any atom is 0.244 e. The zero-order chi connectivity index (χ0) is 18.6. The number of pyridine rings is 1. The van der Waals surface area contributed by atoms with Crippen molar-refractivity contribution in [1.29, 1.82) is 0 Å². The molecule has 0 bridgehead atoms. The molecule has 0 spiro atoms. The average Bonchev–Trinajstić information content (AvgIpc) is 2.57. The van der Waals surface area contributed by atoms with Crippen LogP contribution in [-0.4, -0.2) is 50.4 Å². The zero-order valence-corrected chi connectivity index (χ0v) is 16.5. The maximum atomic E-state index is 12.3. The molecule has 0 aliphatic carbocycles. The summed E-state index contributed by atoms with van der Waals surface area (Å²) in [6, 6.07) is 11.0. The van der Waals surface area contributed by atoms with E-state index in [9.17, 15) is 8.42 Å². The van der Waals surface area contributed by atoms with Crippen LogP contribution in [0.5, 0.6) is 5.75 Å². The second-order valence-corrected chi connectivity index (χ2v) is 8.53. The van der Waals surface area contributed by atoms with Crippen molar-refractivity contribution in [2.45, 2.75) is 18.1 Å². The van der Waals surface area contributed by atoms with E-state index in [-0.39, 0.29) is 4.90 Å². The number of sulfonamides is 1. The van der Waals surface area contributed by atoms with E-state index in [2.05, 4.69) is 4.90 Å². The fourth-order valence-corrected chi connectivity index (χ4v) is 3.44. The van der Waals surface area contributed by atoms with E-state index in [4.69, 9.17) is 17.0 Å². The van der Waals surface area contributed by atoms with E-state index in [0.717, 1.165) is 11.3 Å². The van der Waals surface area contributed by atoms with Gasteiger partial charge in [0.15, 0.2) is 0 Å². The number of aromatic nitrogens is 1. The fourth-order valence-electron chi connectivity index (χ4n) is 2.34. The smallest absolute Gasteiger partial charge is 0.244 e. The monoisotopic (exact) mass is 381 g/mol. The highest BCUT2D eigenvalue weighted by molar-refractivity contribution is 7.89. The van der Waals surface area contributed by atoms with Gasteiger partial charge in [-0.15, -0.1) is 0 Å². The molecule has 1 aromatic heterocycles. The Morgan fingerprint density at radius 2 is 1.72 bits per heavy atom. The Morgan fingerprint density at radius 3 is 2.28 bits per heavy atom. The highest BCUT2D eigenvalue weighted by Gasteiger charge is 2.17. The Kier molecular flexibility index (Phi) is 6.34. The molecule has 0 atom stereocenters. The zero-order valence-electron chi connectivity index (χ0n) is 14.8. The molecule has 25 heavy (non-hydrogen) atoms. The molecule has 8 heteroatoms. The Labute approximate surface area is 154 Å². The number of rotatable bonds is 7. The van der Waals surface area contributed by atoms with Crippen molar-refractivity contribution < 1.29 is 13.2 Å². The van der Waals surface area contributed by atoms with E-state index >= 15 is 0 Å². The average molecular weight is 382 g/mol. The van der Waals surface area contributed by atoms with Gasteiger partial charge < -0.3 is 9.30 Å². The van der Waals surface area contributed by atoms with Gasteiger partial charge in [0.25, 0.3) is 0 Å². The lowest BCUT2D eigenvalue weighted by Crippen LogP contribution is -2.25. The summed E-state index contributed by atoms with van der Waals surface area (Å²) in [4.78, 5) is 2.29. The third kappa shape index (κ3) is 4.88. The minimum absolute atomic E-state index is 0.226. The Hall–Kier alpha value is -1.74. The second kappa shape index (κ2) is 8.09. The normalized spacial score (nSPS) is 11.9. The number of benzene rings is 1. The Bertz CT molecular complexity index is 875. The van der Waals surface area contributed by atoms with Crippen LogP contribution in [0.4, 0.5) is 0 Å². The Balaban J connectivity index is 2.17. The van der Waals surface area contributed by atoms with E-state index in [1.54, 1.807) is 23.9 Å². The van der Waals surface area contributed by atoms with E-state index < -0.39 is 10.0 Å². The second-order valence-electron chi connectivity index (χ2n) is 5.96. The van der Waals surface area contributed by atoms with Crippen LogP contribution in [0.3, 0.4) is 0 Å². The molecule has 0 aliphatic heterocycles. The predicted octanol–water partition coefficient (Wildman–Crippen LogP) is 2.57. The highest BCUT2D eigenvalue weighted by Crippen LogP contribution is 2.15. The summed E-state index contributed by atoms with van der Waals surface area (Å²) in [7, 11) is 3.13. The third-order valence-electron chi connectivity index (χ3n) is 3.74. The first kappa shape index (κ1) is 19.6. The molecule has 136 valence electrons. The standard InChI is InChI=1S/C17H23N3O3S2/c1-18(2)25(21,22)16-9-10-17(24)20(12-16)13-19(3)11-14-5-7-15(23-4)8-6-14/h5-10,12H,11,13H2,1-4H3. The van der Waals surface area contributed by atoms with Crippen LogP contribution in [0.15, 0.2) is 47.5 Å². The number of ether oxygens (including phenoxy) is 1. The summed E-state index contributed by atoms with van der Waals surface area (Å²) in [5.41, 5.74) is 1.13. The molecule has 2 aromatic rings. The van der Waals surface area contributed by atoms with Crippen LogP contribution >= 0.6 is 12.2 Å². The van der Waals surface area contributed by atoms with Crippen LogP contribution in [0.1, 0.15) is 5.56 Å². The van der Waals surface area contributed by atoms with Crippen LogP contribution in [0.2, 0.25) is 0 Å². The largest absolute Gasteiger partial charge is 0.497 e. The van der Waals surface area contributed by atoms with Crippen molar-refractivity contribution in [2.75, 3.05) is 28.3 Å². The van der Waals surface area contributed by atoms with Crippen molar-refractivity contribution in [3.05, 3.63) is 52.8 Å². The van der Waals surface area contributed by atoms with Crippen LogP contribution in [0.25, 0.3) is 0 Å². The molecule has 0 saturated carbocycles. The van der Waals surface area contributed by atoms with Gasteiger partial charge in [-0.25, -0.2) is 12.7 Å². The van der Waals surface area contributed by atoms with Crippen molar-refractivity contribution in [3.63, 3.8) is 0 Å². The third-order valence-corrected chi connectivity index (χ3v) is 5.91. The molecular weight excluding hydrogens is 358 g/mol. The summed E-state index contributed by atoms with van der Waals surface area (Å²) < 4.78 is 33.3. The molecule has 0 fully saturated rings.